The zero-order valence-corrected chi connectivity index (χ0v) is 14.1. The van der Waals surface area contributed by atoms with E-state index in [4.69, 9.17) is 14.2 Å². The molecule has 0 bridgehead atoms. The van der Waals surface area contributed by atoms with Crippen LogP contribution in [0.3, 0.4) is 0 Å². The molecule has 0 saturated heterocycles. The van der Waals surface area contributed by atoms with Gasteiger partial charge in [0.25, 0.3) is 5.91 Å². The zero-order valence-electron chi connectivity index (χ0n) is 14.1. The molecule has 0 aromatic heterocycles. The highest BCUT2D eigenvalue weighted by Crippen LogP contribution is 2.37. The SMILES string of the molecule is COc1cc(C=NNC(=O)c2cccc(C)c2)cc(OC)c1OC. The Balaban J connectivity index is 2.15. The second-order valence-electron chi connectivity index (χ2n) is 5.03. The number of aryl methyl sites for hydroxylation is 1. The smallest absolute Gasteiger partial charge is 0.271 e. The minimum Gasteiger partial charge on any atom is -0.493 e. The first-order valence-corrected chi connectivity index (χ1v) is 7.29. The van der Waals surface area contributed by atoms with Crippen LogP contribution in [0, 0.1) is 6.92 Å². The molecule has 2 aromatic rings. The summed E-state index contributed by atoms with van der Waals surface area (Å²) in [7, 11) is 4.62. The standard InChI is InChI=1S/C18H20N2O4/c1-12-6-5-7-14(8-12)18(21)20-19-11-13-9-15(22-2)17(24-4)16(10-13)23-3/h5-11H,1-4H3,(H,20,21). The Kier molecular flexibility index (Phi) is 5.78. The molecule has 0 radical (unpaired) electrons. The highest BCUT2D eigenvalue weighted by molar-refractivity contribution is 5.95. The van der Waals surface area contributed by atoms with E-state index < -0.39 is 0 Å². The minimum atomic E-state index is -0.276. The van der Waals surface area contributed by atoms with Crippen molar-refractivity contribution in [3.63, 3.8) is 0 Å². The topological polar surface area (TPSA) is 69.2 Å². The number of carbonyl (C=O) groups excluding carboxylic acids is 1. The Morgan fingerprint density at radius 1 is 1.04 bits per heavy atom. The summed E-state index contributed by atoms with van der Waals surface area (Å²) in [5.74, 6) is 1.26. The summed E-state index contributed by atoms with van der Waals surface area (Å²) >= 11 is 0. The van der Waals surface area contributed by atoms with E-state index in [0.717, 1.165) is 5.56 Å². The predicted molar refractivity (Wildman–Crippen MR) is 92.3 cm³/mol. The molecule has 1 N–H and O–H groups in total. The first kappa shape index (κ1) is 17.3. The number of nitrogens with zero attached hydrogens (tertiary/aromatic N) is 1. The van der Waals surface area contributed by atoms with Gasteiger partial charge in [-0.1, -0.05) is 17.7 Å². The number of hydrogen-bond acceptors (Lipinski definition) is 5. The fourth-order valence-corrected chi connectivity index (χ4v) is 2.19. The van der Waals surface area contributed by atoms with Crippen LogP contribution in [0.5, 0.6) is 17.2 Å². The van der Waals surface area contributed by atoms with Crippen molar-refractivity contribution in [3.8, 4) is 17.2 Å². The first-order valence-electron chi connectivity index (χ1n) is 7.29. The second-order valence-corrected chi connectivity index (χ2v) is 5.03. The third kappa shape index (κ3) is 4.04. The summed E-state index contributed by atoms with van der Waals surface area (Å²) < 4.78 is 15.8. The molecule has 0 saturated carbocycles. The number of nitrogens with one attached hydrogen (secondary N) is 1. The lowest BCUT2D eigenvalue weighted by molar-refractivity contribution is 0.0955. The van der Waals surface area contributed by atoms with Gasteiger partial charge >= 0.3 is 0 Å². The molecule has 126 valence electrons. The Bertz CT molecular complexity index is 731. The van der Waals surface area contributed by atoms with Crippen molar-refractivity contribution in [2.24, 2.45) is 5.10 Å². The van der Waals surface area contributed by atoms with Gasteiger partial charge in [0.2, 0.25) is 5.75 Å². The molecule has 0 aliphatic rings. The number of hydrazone groups is 1. The van der Waals surface area contributed by atoms with Crippen LogP contribution in [0.4, 0.5) is 0 Å². The normalized spacial score (nSPS) is 10.5. The Morgan fingerprint density at radius 2 is 1.71 bits per heavy atom. The van der Waals surface area contributed by atoms with Gasteiger partial charge in [-0.25, -0.2) is 5.43 Å². The number of ether oxygens (including phenoxy) is 3. The lowest BCUT2D eigenvalue weighted by atomic mass is 10.1. The van der Waals surface area contributed by atoms with Crippen LogP contribution in [0.25, 0.3) is 0 Å². The summed E-state index contributed by atoms with van der Waals surface area (Å²) in [5, 5.41) is 3.98. The molecule has 0 atom stereocenters. The summed E-state index contributed by atoms with van der Waals surface area (Å²) in [5.41, 5.74) is 4.76. The van der Waals surface area contributed by atoms with Gasteiger partial charge in [0.15, 0.2) is 11.5 Å². The molecular formula is C18H20N2O4. The molecule has 0 spiro atoms. The van der Waals surface area contributed by atoms with Crippen molar-refractivity contribution >= 4 is 12.1 Å². The van der Waals surface area contributed by atoms with Crippen molar-refractivity contribution in [2.45, 2.75) is 6.92 Å². The maximum absolute atomic E-state index is 12.0. The maximum Gasteiger partial charge on any atom is 0.271 e. The fourth-order valence-electron chi connectivity index (χ4n) is 2.19. The van der Waals surface area contributed by atoms with Gasteiger partial charge in [-0.3, -0.25) is 4.79 Å². The maximum atomic E-state index is 12.0. The van der Waals surface area contributed by atoms with Crippen LogP contribution in [-0.2, 0) is 0 Å². The van der Waals surface area contributed by atoms with Crippen molar-refractivity contribution in [1.29, 1.82) is 0 Å². The highest BCUT2D eigenvalue weighted by Gasteiger charge is 2.12. The van der Waals surface area contributed by atoms with E-state index in [1.165, 1.54) is 27.5 Å². The van der Waals surface area contributed by atoms with E-state index in [-0.39, 0.29) is 5.91 Å². The molecule has 24 heavy (non-hydrogen) atoms. The number of rotatable bonds is 6. The molecule has 0 aliphatic heterocycles. The molecule has 1 amide bonds. The average Bonchev–Trinajstić information content (AvgIpc) is 2.60. The number of methoxy groups -OCH3 is 3. The zero-order chi connectivity index (χ0) is 17.5. The quantitative estimate of drug-likeness (QED) is 0.654. The van der Waals surface area contributed by atoms with Crippen LogP contribution >= 0.6 is 0 Å². The molecule has 2 aromatic carbocycles. The van der Waals surface area contributed by atoms with E-state index in [2.05, 4.69) is 10.5 Å². The predicted octanol–water partition coefficient (Wildman–Crippen LogP) is 2.78. The molecule has 0 unspecified atom stereocenters. The molecule has 6 heteroatoms. The highest BCUT2D eigenvalue weighted by atomic mass is 16.5. The van der Waals surface area contributed by atoms with Gasteiger partial charge in [-0.2, -0.15) is 5.10 Å². The monoisotopic (exact) mass is 328 g/mol. The lowest BCUT2D eigenvalue weighted by Gasteiger charge is -2.12. The molecule has 0 aliphatic carbocycles. The largest absolute Gasteiger partial charge is 0.493 e. The van der Waals surface area contributed by atoms with Gasteiger partial charge < -0.3 is 14.2 Å². The third-order valence-corrected chi connectivity index (χ3v) is 3.35. The van der Waals surface area contributed by atoms with Crippen molar-refractivity contribution in [3.05, 3.63) is 53.1 Å². The fraction of sp³-hybridized carbons (Fsp3) is 0.222. The van der Waals surface area contributed by atoms with Gasteiger partial charge in [0.1, 0.15) is 0 Å². The van der Waals surface area contributed by atoms with Gasteiger partial charge in [-0.05, 0) is 31.2 Å². The first-order chi connectivity index (χ1) is 11.6. The second kappa shape index (κ2) is 8.01. The average molecular weight is 328 g/mol. The van der Waals surface area contributed by atoms with Crippen LogP contribution < -0.4 is 19.6 Å². The molecule has 2 rings (SSSR count). The van der Waals surface area contributed by atoms with E-state index >= 15 is 0 Å². The summed E-state index contributed by atoms with van der Waals surface area (Å²) in [6, 6.07) is 10.8. The van der Waals surface area contributed by atoms with Crippen molar-refractivity contribution < 1.29 is 19.0 Å². The number of amides is 1. The van der Waals surface area contributed by atoms with Gasteiger partial charge in [-0.15, -0.1) is 0 Å². The van der Waals surface area contributed by atoms with Crippen molar-refractivity contribution in [1.82, 2.24) is 5.43 Å². The van der Waals surface area contributed by atoms with Crippen molar-refractivity contribution in [2.75, 3.05) is 21.3 Å². The van der Waals surface area contributed by atoms with Crippen LogP contribution in [0.1, 0.15) is 21.5 Å². The number of carbonyl (C=O) groups is 1. The number of benzene rings is 2. The molecular weight excluding hydrogens is 308 g/mol. The summed E-state index contributed by atoms with van der Waals surface area (Å²) in [6.45, 7) is 1.93. The molecule has 6 nitrogen and oxygen atoms in total. The third-order valence-electron chi connectivity index (χ3n) is 3.35. The Hall–Kier alpha value is -3.02. The van der Waals surface area contributed by atoms with E-state index in [9.17, 15) is 4.79 Å². The van der Waals surface area contributed by atoms with E-state index in [1.807, 2.05) is 19.1 Å². The summed E-state index contributed by atoms with van der Waals surface area (Å²) in [4.78, 5) is 12.0. The lowest BCUT2D eigenvalue weighted by Crippen LogP contribution is -2.17. The van der Waals surface area contributed by atoms with Crippen LogP contribution in [0.15, 0.2) is 41.5 Å². The van der Waals surface area contributed by atoms with Crippen LogP contribution in [0.2, 0.25) is 0 Å². The number of hydrogen-bond donors (Lipinski definition) is 1. The molecule has 0 fully saturated rings. The van der Waals surface area contributed by atoms with Gasteiger partial charge in [0, 0.05) is 11.1 Å². The Labute approximate surface area is 141 Å². The van der Waals surface area contributed by atoms with E-state index in [0.29, 0.717) is 28.4 Å². The van der Waals surface area contributed by atoms with Gasteiger partial charge in [0.05, 0.1) is 27.5 Å². The molecule has 0 heterocycles. The minimum absolute atomic E-state index is 0.276. The van der Waals surface area contributed by atoms with Crippen LogP contribution in [-0.4, -0.2) is 33.5 Å². The summed E-state index contributed by atoms with van der Waals surface area (Å²) in [6.07, 6.45) is 1.51. The van der Waals surface area contributed by atoms with E-state index in [1.54, 1.807) is 24.3 Å². The Morgan fingerprint density at radius 3 is 2.25 bits per heavy atom.